The highest BCUT2D eigenvalue weighted by atomic mass is 16.6. The second-order valence-electron chi connectivity index (χ2n) is 7.94. The molecular formula is C20H29NO3. The summed E-state index contributed by atoms with van der Waals surface area (Å²) < 4.78 is 11.6. The third-order valence-corrected chi connectivity index (χ3v) is 4.97. The molecule has 1 aromatic carbocycles. The Hall–Kier alpha value is -1.55. The SMILES string of the molecule is CC(C)(C)OC(=O)N1CCC[C@H]1[C@@H]1CCO[C@H](c2ccccc2)C1. The van der Waals surface area contributed by atoms with E-state index in [9.17, 15) is 4.79 Å². The van der Waals surface area contributed by atoms with Crippen LogP contribution >= 0.6 is 0 Å². The number of ether oxygens (including phenoxy) is 2. The zero-order chi connectivity index (χ0) is 17.2. The van der Waals surface area contributed by atoms with Gasteiger partial charge in [-0.05, 0) is 57.9 Å². The lowest BCUT2D eigenvalue weighted by molar-refractivity contribution is -0.0338. The monoisotopic (exact) mass is 331 g/mol. The maximum absolute atomic E-state index is 12.5. The first-order chi connectivity index (χ1) is 11.4. The van der Waals surface area contributed by atoms with Gasteiger partial charge < -0.3 is 14.4 Å². The molecule has 3 rings (SSSR count). The van der Waals surface area contributed by atoms with Gasteiger partial charge in [0.15, 0.2) is 0 Å². The van der Waals surface area contributed by atoms with E-state index in [2.05, 4.69) is 24.3 Å². The third-order valence-electron chi connectivity index (χ3n) is 4.97. The van der Waals surface area contributed by atoms with E-state index in [1.165, 1.54) is 5.56 Å². The Bertz CT molecular complexity index is 552. The van der Waals surface area contributed by atoms with Crippen LogP contribution in [0.1, 0.15) is 58.1 Å². The van der Waals surface area contributed by atoms with Gasteiger partial charge in [0.1, 0.15) is 5.60 Å². The second-order valence-corrected chi connectivity index (χ2v) is 7.94. The zero-order valence-electron chi connectivity index (χ0n) is 15.0. The number of carbonyl (C=O) groups is 1. The van der Waals surface area contributed by atoms with Crippen molar-refractivity contribution in [3.8, 4) is 0 Å². The molecule has 24 heavy (non-hydrogen) atoms. The van der Waals surface area contributed by atoms with Gasteiger partial charge in [0.25, 0.3) is 0 Å². The molecule has 0 unspecified atom stereocenters. The molecule has 2 heterocycles. The van der Waals surface area contributed by atoms with Gasteiger partial charge in [-0.1, -0.05) is 30.3 Å². The van der Waals surface area contributed by atoms with E-state index in [4.69, 9.17) is 9.47 Å². The van der Waals surface area contributed by atoms with Crippen molar-refractivity contribution in [1.82, 2.24) is 4.90 Å². The summed E-state index contributed by atoms with van der Waals surface area (Å²) in [7, 11) is 0. The number of benzene rings is 1. The molecule has 4 nitrogen and oxygen atoms in total. The Morgan fingerprint density at radius 1 is 1.21 bits per heavy atom. The normalized spacial score (nSPS) is 28.0. The molecule has 2 saturated heterocycles. The van der Waals surface area contributed by atoms with Crippen LogP contribution in [0.5, 0.6) is 0 Å². The van der Waals surface area contributed by atoms with Gasteiger partial charge in [-0.3, -0.25) is 0 Å². The van der Waals surface area contributed by atoms with E-state index in [1.54, 1.807) is 0 Å². The molecule has 0 aromatic heterocycles. The van der Waals surface area contributed by atoms with Crippen molar-refractivity contribution in [2.45, 2.75) is 64.2 Å². The first kappa shape index (κ1) is 17.3. The largest absolute Gasteiger partial charge is 0.444 e. The fourth-order valence-corrected chi connectivity index (χ4v) is 3.90. The average molecular weight is 331 g/mol. The van der Waals surface area contributed by atoms with E-state index in [-0.39, 0.29) is 18.2 Å². The maximum Gasteiger partial charge on any atom is 0.410 e. The lowest BCUT2D eigenvalue weighted by Gasteiger charge is -2.37. The van der Waals surface area contributed by atoms with Crippen molar-refractivity contribution in [3.05, 3.63) is 35.9 Å². The lowest BCUT2D eigenvalue weighted by Crippen LogP contribution is -2.44. The van der Waals surface area contributed by atoms with Crippen LogP contribution in [-0.2, 0) is 9.47 Å². The second kappa shape index (κ2) is 7.14. The standard InChI is InChI=1S/C20H29NO3/c1-20(2,3)24-19(22)21-12-7-10-17(21)16-11-13-23-18(14-16)15-8-5-4-6-9-15/h4-6,8-9,16-18H,7,10-14H2,1-3H3/t16-,17+,18+/m1/s1. The van der Waals surface area contributed by atoms with Crippen LogP contribution in [0.15, 0.2) is 30.3 Å². The van der Waals surface area contributed by atoms with Crippen molar-refractivity contribution in [1.29, 1.82) is 0 Å². The van der Waals surface area contributed by atoms with Gasteiger partial charge in [0.05, 0.1) is 6.10 Å². The van der Waals surface area contributed by atoms with Crippen LogP contribution in [0.4, 0.5) is 4.79 Å². The smallest absolute Gasteiger partial charge is 0.410 e. The van der Waals surface area contributed by atoms with Crippen molar-refractivity contribution in [2.75, 3.05) is 13.2 Å². The zero-order valence-corrected chi connectivity index (χ0v) is 15.0. The van der Waals surface area contributed by atoms with Gasteiger partial charge in [0.2, 0.25) is 0 Å². The van der Waals surface area contributed by atoms with Crippen LogP contribution in [0.25, 0.3) is 0 Å². The highest BCUT2D eigenvalue weighted by Crippen LogP contribution is 2.38. The van der Waals surface area contributed by atoms with Crippen LogP contribution in [-0.4, -0.2) is 35.8 Å². The number of carbonyl (C=O) groups excluding carboxylic acids is 1. The molecule has 4 heteroatoms. The van der Waals surface area contributed by atoms with Gasteiger partial charge in [-0.2, -0.15) is 0 Å². The average Bonchev–Trinajstić information content (AvgIpc) is 3.04. The highest BCUT2D eigenvalue weighted by Gasteiger charge is 2.39. The molecule has 0 N–H and O–H groups in total. The number of hydrogen-bond donors (Lipinski definition) is 0. The minimum atomic E-state index is -0.438. The molecule has 3 atom stereocenters. The molecule has 2 aliphatic heterocycles. The Morgan fingerprint density at radius 2 is 1.96 bits per heavy atom. The molecule has 1 aromatic rings. The van der Waals surface area contributed by atoms with Crippen molar-refractivity contribution in [3.63, 3.8) is 0 Å². The Balaban J connectivity index is 1.67. The molecule has 0 radical (unpaired) electrons. The minimum absolute atomic E-state index is 0.144. The fourth-order valence-electron chi connectivity index (χ4n) is 3.90. The molecule has 1 amide bonds. The molecule has 2 aliphatic rings. The van der Waals surface area contributed by atoms with Crippen molar-refractivity contribution < 1.29 is 14.3 Å². The maximum atomic E-state index is 12.5. The van der Waals surface area contributed by atoms with E-state index < -0.39 is 5.60 Å². The van der Waals surface area contributed by atoms with E-state index in [1.807, 2.05) is 31.7 Å². The minimum Gasteiger partial charge on any atom is -0.444 e. The summed E-state index contributed by atoms with van der Waals surface area (Å²) >= 11 is 0. The van der Waals surface area contributed by atoms with Crippen LogP contribution in [0.2, 0.25) is 0 Å². The number of hydrogen-bond acceptors (Lipinski definition) is 3. The van der Waals surface area contributed by atoms with Crippen LogP contribution < -0.4 is 0 Å². The topological polar surface area (TPSA) is 38.8 Å². The molecule has 0 spiro atoms. The molecule has 0 aliphatic carbocycles. The third kappa shape index (κ3) is 4.10. The van der Waals surface area contributed by atoms with Gasteiger partial charge >= 0.3 is 6.09 Å². The number of nitrogens with zero attached hydrogens (tertiary/aromatic N) is 1. The van der Waals surface area contributed by atoms with Gasteiger partial charge in [0, 0.05) is 19.2 Å². The van der Waals surface area contributed by atoms with Crippen LogP contribution in [0.3, 0.4) is 0 Å². The lowest BCUT2D eigenvalue weighted by atomic mass is 9.85. The number of amides is 1. The quantitative estimate of drug-likeness (QED) is 0.798. The molecule has 0 saturated carbocycles. The summed E-state index contributed by atoms with van der Waals surface area (Å²) in [6, 6.07) is 10.7. The first-order valence-electron chi connectivity index (χ1n) is 9.10. The van der Waals surface area contributed by atoms with Gasteiger partial charge in [-0.15, -0.1) is 0 Å². The van der Waals surface area contributed by atoms with Gasteiger partial charge in [-0.25, -0.2) is 4.79 Å². The van der Waals surface area contributed by atoms with E-state index in [0.717, 1.165) is 38.8 Å². The number of likely N-dealkylation sites (tertiary alicyclic amines) is 1. The van der Waals surface area contributed by atoms with E-state index in [0.29, 0.717) is 5.92 Å². The number of rotatable bonds is 2. The Morgan fingerprint density at radius 3 is 2.67 bits per heavy atom. The fraction of sp³-hybridized carbons (Fsp3) is 0.650. The summed E-state index contributed by atoms with van der Waals surface area (Å²) in [6.07, 6.45) is 4.13. The summed E-state index contributed by atoms with van der Waals surface area (Å²) in [5.74, 6) is 0.485. The Labute approximate surface area is 145 Å². The predicted octanol–water partition coefficient (Wildman–Crippen LogP) is 4.55. The van der Waals surface area contributed by atoms with Crippen molar-refractivity contribution >= 4 is 6.09 Å². The highest BCUT2D eigenvalue weighted by molar-refractivity contribution is 5.69. The summed E-state index contributed by atoms with van der Waals surface area (Å²) in [5, 5.41) is 0. The first-order valence-corrected chi connectivity index (χ1v) is 9.10. The summed E-state index contributed by atoms with van der Waals surface area (Å²) in [5.41, 5.74) is 0.802. The molecule has 132 valence electrons. The summed E-state index contributed by atoms with van der Waals surface area (Å²) in [6.45, 7) is 7.36. The Kier molecular flexibility index (Phi) is 5.14. The van der Waals surface area contributed by atoms with Crippen molar-refractivity contribution in [2.24, 2.45) is 5.92 Å². The summed E-state index contributed by atoms with van der Waals surface area (Å²) in [4.78, 5) is 14.5. The molecular weight excluding hydrogens is 302 g/mol. The predicted molar refractivity (Wildman–Crippen MR) is 93.8 cm³/mol. The molecule has 0 bridgehead atoms. The van der Waals surface area contributed by atoms with Crippen LogP contribution in [0, 0.1) is 5.92 Å². The van der Waals surface area contributed by atoms with E-state index >= 15 is 0 Å². The molecule has 2 fully saturated rings.